The predicted molar refractivity (Wildman–Crippen MR) is 85.3 cm³/mol. The highest BCUT2D eigenvalue weighted by atomic mass is 19.4. The van der Waals surface area contributed by atoms with Crippen LogP contribution in [0.3, 0.4) is 0 Å². The molecule has 1 atom stereocenters. The van der Waals surface area contributed by atoms with E-state index < -0.39 is 18.0 Å². The Labute approximate surface area is 144 Å². The van der Waals surface area contributed by atoms with E-state index in [2.05, 4.69) is 25.0 Å². The van der Waals surface area contributed by atoms with Crippen LogP contribution in [0, 0.1) is 0 Å². The van der Waals surface area contributed by atoms with E-state index in [1.807, 2.05) is 0 Å². The van der Waals surface area contributed by atoms with Crippen LogP contribution in [0.1, 0.15) is 11.8 Å². The number of halogens is 3. The number of rotatable bonds is 3. The Hall–Kier alpha value is -3.27. The van der Waals surface area contributed by atoms with Gasteiger partial charge in [0.2, 0.25) is 0 Å². The summed E-state index contributed by atoms with van der Waals surface area (Å²) >= 11 is 0. The Morgan fingerprint density at radius 1 is 1.15 bits per heavy atom. The number of aromatic amines is 1. The molecule has 4 aromatic heterocycles. The highest BCUT2D eigenvalue weighted by molar-refractivity contribution is 5.88. The van der Waals surface area contributed by atoms with Crippen LogP contribution in [0.15, 0.2) is 49.2 Å². The molecule has 0 fully saturated rings. The number of pyridine rings is 2. The van der Waals surface area contributed by atoms with Gasteiger partial charge in [0.25, 0.3) is 0 Å². The SMILES string of the molecule is OC(c1cccc(-n2cc(-c3ccnc4[nH]cnc34)cn2)n1)C(F)(F)F. The summed E-state index contributed by atoms with van der Waals surface area (Å²) in [5.41, 5.74) is 2.25. The summed E-state index contributed by atoms with van der Waals surface area (Å²) < 4.78 is 39.4. The largest absolute Gasteiger partial charge is 0.420 e. The molecule has 2 N–H and O–H groups in total. The summed E-state index contributed by atoms with van der Waals surface area (Å²) in [7, 11) is 0. The molecule has 0 aliphatic heterocycles. The predicted octanol–water partition coefficient (Wildman–Crippen LogP) is 2.80. The Morgan fingerprint density at radius 3 is 2.81 bits per heavy atom. The molecular weight excluding hydrogens is 349 g/mol. The number of hydrogen-bond donors (Lipinski definition) is 2. The molecule has 0 saturated carbocycles. The third-order valence-corrected chi connectivity index (χ3v) is 3.79. The van der Waals surface area contributed by atoms with Crippen molar-refractivity contribution in [2.24, 2.45) is 0 Å². The lowest BCUT2D eigenvalue weighted by Crippen LogP contribution is -2.21. The van der Waals surface area contributed by atoms with E-state index in [1.54, 1.807) is 24.7 Å². The first-order valence-corrected chi connectivity index (χ1v) is 7.49. The van der Waals surface area contributed by atoms with Crippen molar-refractivity contribution in [1.82, 2.24) is 29.7 Å². The molecule has 0 radical (unpaired) electrons. The minimum Gasteiger partial charge on any atom is -0.378 e. The van der Waals surface area contributed by atoms with Gasteiger partial charge in [-0.25, -0.2) is 19.6 Å². The Kier molecular flexibility index (Phi) is 3.69. The molecule has 4 heterocycles. The van der Waals surface area contributed by atoms with Crippen LogP contribution < -0.4 is 0 Å². The van der Waals surface area contributed by atoms with E-state index in [0.717, 1.165) is 11.6 Å². The zero-order valence-electron chi connectivity index (χ0n) is 13.0. The molecular formula is C16H11F3N6O. The second kappa shape index (κ2) is 5.92. The molecule has 0 amide bonds. The van der Waals surface area contributed by atoms with Crippen molar-refractivity contribution >= 4 is 11.2 Å². The number of imidazole rings is 1. The standard InChI is InChI=1S/C16H11F3N6O/c17-16(18,19)14(26)11-2-1-3-12(24-11)25-7-9(6-23-25)10-4-5-20-15-13(10)21-8-22-15/h1-8,14,26H,(H,20,21,22). The topological polar surface area (TPSA) is 92.5 Å². The molecule has 1 unspecified atom stereocenters. The van der Waals surface area contributed by atoms with Crippen LogP contribution in [-0.2, 0) is 0 Å². The Morgan fingerprint density at radius 2 is 2.00 bits per heavy atom. The van der Waals surface area contributed by atoms with E-state index in [-0.39, 0.29) is 5.82 Å². The van der Waals surface area contributed by atoms with Crippen molar-refractivity contribution in [1.29, 1.82) is 0 Å². The number of hydrogen-bond acceptors (Lipinski definition) is 5. The van der Waals surface area contributed by atoms with Gasteiger partial charge in [0.1, 0.15) is 5.52 Å². The first-order valence-electron chi connectivity index (χ1n) is 7.49. The molecule has 132 valence electrons. The van der Waals surface area contributed by atoms with E-state index in [9.17, 15) is 18.3 Å². The lowest BCUT2D eigenvalue weighted by atomic mass is 10.1. The fourth-order valence-electron chi connectivity index (χ4n) is 2.56. The Bertz CT molecular complexity index is 1070. The number of nitrogens with one attached hydrogen (secondary N) is 1. The number of fused-ring (bicyclic) bond motifs is 1. The number of aliphatic hydroxyl groups excluding tert-OH is 1. The van der Waals surface area contributed by atoms with Crippen LogP contribution in [-0.4, -0.2) is 41.0 Å². The zero-order valence-corrected chi connectivity index (χ0v) is 13.0. The highest BCUT2D eigenvalue weighted by Gasteiger charge is 2.40. The highest BCUT2D eigenvalue weighted by Crippen LogP contribution is 2.32. The van der Waals surface area contributed by atoms with Gasteiger partial charge in [-0.3, -0.25) is 0 Å². The van der Waals surface area contributed by atoms with E-state index in [4.69, 9.17) is 0 Å². The lowest BCUT2D eigenvalue weighted by molar-refractivity contribution is -0.207. The molecule has 0 spiro atoms. The van der Waals surface area contributed by atoms with Crippen molar-refractivity contribution in [2.45, 2.75) is 12.3 Å². The van der Waals surface area contributed by atoms with E-state index in [1.165, 1.54) is 23.1 Å². The van der Waals surface area contributed by atoms with Crippen LogP contribution in [0.25, 0.3) is 28.1 Å². The van der Waals surface area contributed by atoms with Crippen molar-refractivity contribution in [2.75, 3.05) is 0 Å². The lowest BCUT2D eigenvalue weighted by Gasteiger charge is -2.14. The summed E-state index contributed by atoms with van der Waals surface area (Å²) in [6, 6.07) is 5.76. The van der Waals surface area contributed by atoms with Crippen LogP contribution in [0.5, 0.6) is 0 Å². The summed E-state index contributed by atoms with van der Waals surface area (Å²) in [5, 5.41) is 13.5. The summed E-state index contributed by atoms with van der Waals surface area (Å²) in [6.07, 6.45) is -1.13. The molecule has 0 saturated heterocycles. The number of aliphatic hydroxyl groups is 1. The van der Waals surface area contributed by atoms with Gasteiger partial charge < -0.3 is 10.1 Å². The van der Waals surface area contributed by atoms with Gasteiger partial charge >= 0.3 is 6.18 Å². The molecule has 0 aromatic carbocycles. The van der Waals surface area contributed by atoms with Gasteiger partial charge in [-0.05, 0) is 18.2 Å². The fraction of sp³-hybridized carbons (Fsp3) is 0.125. The molecule has 0 aliphatic rings. The summed E-state index contributed by atoms with van der Waals surface area (Å²) in [6.45, 7) is 0. The van der Waals surface area contributed by atoms with Gasteiger partial charge in [-0.15, -0.1) is 0 Å². The smallest absolute Gasteiger partial charge is 0.378 e. The fourth-order valence-corrected chi connectivity index (χ4v) is 2.56. The zero-order chi connectivity index (χ0) is 18.3. The van der Waals surface area contributed by atoms with Crippen LogP contribution >= 0.6 is 0 Å². The average molecular weight is 360 g/mol. The number of H-pyrrole nitrogens is 1. The van der Waals surface area contributed by atoms with E-state index in [0.29, 0.717) is 16.7 Å². The van der Waals surface area contributed by atoms with Crippen molar-refractivity contribution in [3.05, 3.63) is 54.9 Å². The normalized spacial score (nSPS) is 13.2. The third kappa shape index (κ3) is 2.80. The molecule has 26 heavy (non-hydrogen) atoms. The molecule has 0 aliphatic carbocycles. The number of nitrogens with zero attached hydrogens (tertiary/aromatic N) is 5. The van der Waals surface area contributed by atoms with Gasteiger partial charge in [0, 0.05) is 23.5 Å². The maximum absolute atomic E-state index is 12.7. The maximum atomic E-state index is 12.7. The second-order valence-electron chi connectivity index (χ2n) is 5.50. The van der Waals surface area contributed by atoms with Gasteiger partial charge in [-0.2, -0.15) is 18.3 Å². The minimum absolute atomic E-state index is 0.157. The quantitative estimate of drug-likeness (QED) is 0.586. The van der Waals surface area contributed by atoms with Gasteiger partial charge in [0.05, 0.1) is 18.2 Å². The average Bonchev–Trinajstić information content (AvgIpc) is 3.29. The van der Waals surface area contributed by atoms with Crippen molar-refractivity contribution in [3.63, 3.8) is 0 Å². The molecule has 4 aromatic rings. The minimum atomic E-state index is -4.79. The van der Waals surface area contributed by atoms with Crippen molar-refractivity contribution < 1.29 is 18.3 Å². The number of aromatic nitrogens is 6. The Balaban J connectivity index is 1.72. The molecule has 0 bridgehead atoms. The monoisotopic (exact) mass is 360 g/mol. The maximum Gasteiger partial charge on any atom is 0.420 e. The molecule has 7 nitrogen and oxygen atoms in total. The first kappa shape index (κ1) is 16.2. The van der Waals surface area contributed by atoms with Crippen molar-refractivity contribution in [3.8, 4) is 16.9 Å². The summed E-state index contributed by atoms with van der Waals surface area (Å²) in [5.74, 6) is 0.157. The van der Waals surface area contributed by atoms with E-state index >= 15 is 0 Å². The van der Waals surface area contributed by atoms with Crippen LogP contribution in [0.2, 0.25) is 0 Å². The first-order chi connectivity index (χ1) is 12.4. The summed E-state index contributed by atoms with van der Waals surface area (Å²) in [4.78, 5) is 15.1. The number of alkyl halides is 3. The second-order valence-corrected chi connectivity index (χ2v) is 5.50. The molecule has 10 heteroatoms. The van der Waals surface area contributed by atoms with Crippen LogP contribution in [0.4, 0.5) is 13.2 Å². The third-order valence-electron chi connectivity index (χ3n) is 3.79. The van der Waals surface area contributed by atoms with Gasteiger partial charge in [0.15, 0.2) is 17.6 Å². The molecule has 4 rings (SSSR count). The van der Waals surface area contributed by atoms with Gasteiger partial charge in [-0.1, -0.05) is 6.07 Å².